The zero-order valence-electron chi connectivity index (χ0n) is 44.2. The summed E-state index contributed by atoms with van der Waals surface area (Å²) in [5.74, 6) is 1.90. The van der Waals surface area contributed by atoms with Crippen LogP contribution < -0.4 is 31.3 Å². The summed E-state index contributed by atoms with van der Waals surface area (Å²) in [6, 6.07) is 20.4. The lowest BCUT2D eigenvalue weighted by molar-refractivity contribution is 0.0276. The van der Waals surface area contributed by atoms with E-state index in [4.69, 9.17) is 59.3 Å². The molecule has 2 heterocycles. The average Bonchev–Trinajstić information content (AvgIpc) is 3.86. The molecule has 0 bridgehead atoms. The minimum atomic E-state index is -0.640. The summed E-state index contributed by atoms with van der Waals surface area (Å²) >= 11 is 5.66. The summed E-state index contributed by atoms with van der Waals surface area (Å²) in [5.41, 5.74) is 2.51. The summed E-state index contributed by atoms with van der Waals surface area (Å²) in [5, 5.41) is 20.6. The number of alkyl halides is 1. The minimum absolute atomic E-state index is 0.0309. The number of hydrogen-bond acceptors (Lipinski definition) is 15. The maximum Gasteiger partial charge on any atom is 0.407 e. The number of rotatable bonds is 34. The first-order valence-electron chi connectivity index (χ1n) is 26.0. The van der Waals surface area contributed by atoms with Crippen LogP contribution >= 0.6 is 11.6 Å². The van der Waals surface area contributed by atoms with Gasteiger partial charge in [0.2, 0.25) is 0 Å². The molecule has 0 unspecified atom stereocenters. The van der Waals surface area contributed by atoms with Gasteiger partial charge in [0.05, 0.1) is 76.5 Å². The van der Waals surface area contributed by atoms with Gasteiger partial charge < -0.3 is 63.9 Å². The van der Waals surface area contributed by atoms with Crippen LogP contribution in [0.25, 0.3) is 16.5 Å². The van der Waals surface area contributed by atoms with Crippen molar-refractivity contribution in [2.45, 2.75) is 58.4 Å². The molecule has 1 saturated heterocycles. The van der Waals surface area contributed by atoms with Gasteiger partial charge in [0.1, 0.15) is 38.0 Å². The number of nitrogens with one attached hydrogen (secondary N) is 5. The van der Waals surface area contributed by atoms with E-state index in [0.29, 0.717) is 62.7 Å². The van der Waals surface area contributed by atoms with Gasteiger partial charge in [0.25, 0.3) is 0 Å². The number of urea groups is 1. The van der Waals surface area contributed by atoms with Crippen molar-refractivity contribution in [2.24, 2.45) is 0 Å². The fourth-order valence-electron chi connectivity index (χ4n) is 7.37. The Bertz CT molecular complexity index is 2380. The first kappa shape index (κ1) is 60.7. The standard InChI is InChI=1S/C54H77ClN8O13/c1-54(2,3)48-40-49(60-50(64)59-46-17-18-47(45-16-7-6-15-44(45)46)73-32-24-62-22-30-71-31-23-62)63(61-48)43-14-12-13-42(39-43)41-58-53(67)75-27-11-10-26-74-51(65)56-20-28-70-35-36-72-37-38-76-52(66)57-21-29-69-34-33-68-25-9-5-4-8-19-55/h6-7,10-18,39-40H,4-5,8-9,19-38,41H2,1-3H3,(H,56,65)(H,57,66)(H,58,67)(H2,59,60,64)/b11-10-. The normalized spacial score (nSPS) is 12.8. The Morgan fingerprint density at radius 2 is 1.29 bits per heavy atom. The lowest BCUT2D eigenvalue weighted by Gasteiger charge is -2.26. The van der Waals surface area contributed by atoms with Crippen molar-refractivity contribution in [3.05, 3.63) is 90.1 Å². The molecule has 1 fully saturated rings. The highest BCUT2D eigenvalue weighted by Crippen LogP contribution is 2.32. The predicted molar refractivity (Wildman–Crippen MR) is 290 cm³/mol. The number of amides is 5. The van der Waals surface area contributed by atoms with Gasteiger partial charge in [0.15, 0.2) is 0 Å². The Hall–Kier alpha value is -6.20. The molecule has 4 aromatic rings. The Balaban J connectivity index is 0.911. The summed E-state index contributed by atoms with van der Waals surface area (Å²) in [6.07, 6.45) is 5.57. The van der Waals surface area contributed by atoms with Gasteiger partial charge in [-0.2, -0.15) is 5.10 Å². The molecule has 0 spiro atoms. The van der Waals surface area contributed by atoms with E-state index in [1.807, 2.05) is 87.5 Å². The number of hydrogen-bond donors (Lipinski definition) is 5. The van der Waals surface area contributed by atoms with E-state index in [2.05, 4.69) is 31.5 Å². The molecule has 1 aliphatic heterocycles. The van der Waals surface area contributed by atoms with Gasteiger partial charge in [-0.3, -0.25) is 10.2 Å². The van der Waals surface area contributed by atoms with Crippen LogP contribution in [0.5, 0.6) is 5.75 Å². The van der Waals surface area contributed by atoms with E-state index >= 15 is 0 Å². The van der Waals surface area contributed by atoms with Crippen molar-refractivity contribution in [1.29, 1.82) is 0 Å². The Kier molecular flexibility index (Phi) is 28.1. The molecule has 3 aromatic carbocycles. The van der Waals surface area contributed by atoms with Gasteiger partial charge >= 0.3 is 24.3 Å². The number of anilines is 2. The summed E-state index contributed by atoms with van der Waals surface area (Å²) < 4.78 is 50.5. The zero-order chi connectivity index (χ0) is 54.1. The lowest BCUT2D eigenvalue weighted by atomic mass is 9.92. The van der Waals surface area contributed by atoms with Crippen LogP contribution in [0.15, 0.2) is 78.9 Å². The highest BCUT2D eigenvalue weighted by atomic mass is 35.5. The molecule has 5 N–H and O–H groups in total. The van der Waals surface area contributed by atoms with Gasteiger partial charge in [-0.1, -0.05) is 70.0 Å². The number of carbonyl (C=O) groups excluding carboxylic acids is 4. The number of carbonyl (C=O) groups is 4. The number of unbranched alkanes of at least 4 members (excludes halogenated alkanes) is 3. The number of alkyl carbamates (subject to hydrolysis) is 3. The van der Waals surface area contributed by atoms with Crippen LogP contribution in [0.4, 0.5) is 30.7 Å². The van der Waals surface area contributed by atoms with E-state index in [-0.39, 0.29) is 64.8 Å². The monoisotopic (exact) mass is 1080 g/mol. The second kappa shape index (κ2) is 35.2. The van der Waals surface area contributed by atoms with E-state index in [9.17, 15) is 19.2 Å². The molecule has 5 amide bonds. The molecule has 1 aromatic heterocycles. The minimum Gasteiger partial charge on any atom is -0.492 e. The largest absolute Gasteiger partial charge is 0.492 e. The molecule has 0 radical (unpaired) electrons. The van der Waals surface area contributed by atoms with Crippen LogP contribution in [0.2, 0.25) is 0 Å². The average molecular weight is 1080 g/mol. The lowest BCUT2D eigenvalue weighted by Crippen LogP contribution is -2.38. The van der Waals surface area contributed by atoms with Crippen molar-refractivity contribution in [1.82, 2.24) is 30.6 Å². The van der Waals surface area contributed by atoms with Crippen molar-refractivity contribution >= 4 is 58.2 Å². The molecular weight excluding hydrogens is 1000 g/mol. The number of halogens is 1. The number of aromatic nitrogens is 2. The highest BCUT2D eigenvalue weighted by Gasteiger charge is 2.22. The third kappa shape index (κ3) is 23.8. The number of ether oxygens (including phenoxy) is 9. The van der Waals surface area contributed by atoms with Crippen molar-refractivity contribution in [3.63, 3.8) is 0 Å². The number of benzene rings is 3. The predicted octanol–water partition coefficient (Wildman–Crippen LogP) is 7.78. The number of morpholine rings is 1. The van der Waals surface area contributed by atoms with Crippen LogP contribution in [0.3, 0.4) is 0 Å². The third-order valence-corrected chi connectivity index (χ3v) is 11.7. The Morgan fingerprint density at radius 1 is 0.658 bits per heavy atom. The van der Waals surface area contributed by atoms with Crippen molar-refractivity contribution in [2.75, 3.05) is 142 Å². The number of nitrogens with zero attached hydrogens (tertiary/aromatic N) is 3. The van der Waals surface area contributed by atoms with Gasteiger partial charge in [-0.05, 0) is 54.8 Å². The zero-order valence-corrected chi connectivity index (χ0v) is 45.0. The molecule has 418 valence electrons. The molecule has 1 aliphatic rings. The Morgan fingerprint density at radius 3 is 1.99 bits per heavy atom. The fraction of sp³-hybridized carbons (Fsp3) is 0.537. The van der Waals surface area contributed by atoms with E-state index in [1.54, 1.807) is 16.8 Å². The highest BCUT2D eigenvalue weighted by molar-refractivity contribution is 6.17. The summed E-state index contributed by atoms with van der Waals surface area (Å²) in [6.45, 7) is 14.5. The first-order chi connectivity index (χ1) is 37.0. The van der Waals surface area contributed by atoms with Crippen molar-refractivity contribution < 1.29 is 61.8 Å². The van der Waals surface area contributed by atoms with Gasteiger partial charge in [0, 0.05) is 74.0 Å². The molecular formula is C54H77ClN8O13. The maximum absolute atomic E-state index is 13.7. The van der Waals surface area contributed by atoms with Gasteiger partial charge in [-0.25, -0.2) is 23.9 Å². The Labute approximate surface area is 450 Å². The molecule has 21 nitrogen and oxygen atoms in total. The fourth-order valence-corrected chi connectivity index (χ4v) is 7.56. The topological polar surface area (TPSA) is 233 Å². The maximum atomic E-state index is 13.7. The van der Waals surface area contributed by atoms with Crippen molar-refractivity contribution in [3.8, 4) is 11.4 Å². The van der Waals surface area contributed by atoms with Crippen LogP contribution in [-0.4, -0.2) is 170 Å². The first-order valence-corrected chi connectivity index (χ1v) is 26.5. The molecule has 5 rings (SSSR count). The SMILES string of the molecule is CC(C)(C)c1cc(NC(=O)Nc2ccc(OCCN3CCOCC3)c3ccccc23)n(-c2cccc(CNC(=O)OC/C=C\COC(=O)NCCOCCOCCOC(=O)NCCOCCOCCCCCCCl)c2)n1. The van der Waals surface area contributed by atoms with Crippen LogP contribution in [0, 0.1) is 0 Å². The second-order valence-electron chi connectivity index (χ2n) is 18.3. The van der Waals surface area contributed by atoms with Crippen LogP contribution in [0.1, 0.15) is 57.7 Å². The second-order valence-corrected chi connectivity index (χ2v) is 18.7. The van der Waals surface area contributed by atoms with Gasteiger partial charge in [-0.15, -0.1) is 11.6 Å². The quantitative estimate of drug-likeness (QED) is 0.0130. The summed E-state index contributed by atoms with van der Waals surface area (Å²) in [7, 11) is 0. The molecule has 0 atom stereocenters. The van der Waals surface area contributed by atoms with Crippen LogP contribution in [-0.2, 0) is 49.9 Å². The molecule has 0 aliphatic carbocycles. The van der Waals surface area contributed by atoms with E-state index < -0.39 is 24.3 Å². The summed E-state index contributed by atoms with van der Waals surface area (Å²) in [4.78, 5) is 52.3. The third-order valence-electron chi connectivity index (χ3n) is 11.4. The molecule has 22 heteroatoms. The van der Waals surface area contributed by atoms with E-state index in [1.165, 1.54) is 0 Å². The number of fused-ring (bicyclic) bond motifs is 1. The molecule has 76 heavy (non-hydrogen) atoms. The van der Waals surface area contributed by atoms with E-state index in [0.717, 1.165) is 86.3 Å². The smallest absolute Gasteiger partial charge is 0.407 e. The molecule has 0 saturated carbocycles.